The van der Waals surface area contributed by atoms with Gasteiger partial charge in [0.05, 0.1) is 17.8 Å². The third-order valence-electron chi connectivity index (χ3n) is 11.3. The van der Waals surface area contributed by atoms with Gasteiger partial charge in [0.2, 0.25) is 11.8 Å². The number of hydrogen-bond acceptors (Lipinski definition) is 8. The van der Waals surface area contributed by atoms with Gasteiger partial charge in [-0.3, -0.25) is 19.1 Å². The second-order valence-corrected chi connectivity index (χ2v) is 15.2. The average Bonchev–Trinajstić information content (AvgIpc) is 3.98. The first kappa shape index (κ1) is 36.1. The van der Waals surface area contributed by atoms with Gasteiger partial charge < -0.3 is 35.3 Å². The highest BCUT2D eigenvalue weighted by Crippen LogP contribution is 2.51. The molecule has 0 unspecified atom stereocenters. The van der Waals surface area contributed by atoms with E-state index in [1.807, 2.05) is 18.9 Å². The highest BCUT2D eigenvalue weighted by Gasteiger charge is 2.49. The number of hydrogen-bond donors (Lipinski definition) is 3. The maximum atomic E-state index is 15.9. The van der Waals surface area contributed by atoms with Crippen molar-refractivity contribution in [2.75, 3.05) is 45.7 Å². The highest BCUT2D eigenvalue weighted by molar-refractivity contribution is 6.01. The lowest BCUT2D eigenvalue weighted by molar-refractivity contribution is -0.137. The first-order chi connectivity index (χ1) is 23.9. The number of aldehydes is 1. The van der Waals surface area contributed by atoms with Crippen LogP contribution in [0.3, 0.4) is 0 Å². The molecule has 0 radical (unpaired) electrons. The molecule has 50 heavy (non-hydrogen) atoms. The van der Waals surface area contributed by atoms with E-state index in [4.69, 9.17) is 4.74 Å². The summed E-state index contributed by atoms with van der Waals surface area (Å²) < 4.78 is 23.0. The summed E-state index contributed by atoms with van der Waals surface area (Å²) in [5.41, 5.74) is -0.140. The van der Waals surface area contributed by atoms with Crippen LogP contribution in [0.15, 0.2) is 30.5 Å². The lowest BCUT2D eigenvalue weighted by atomic mass is 9.88. The predicted molar refractivity (Wildman–Crippen MR) is 186 cm³/mol. The Balaban J connectivity index is 1.20. The van der Waals surface area contributed by atoms with Crippen LogP contribution in [0.5, 0.6) is 0 Å². The van der Waals surface area contributed by atoms with Crippen LogP contribution in [0.1, 0.15) is 87.3 Å². The number of piperazine rings is 1. The molecule has 4 aliphatic rings. The summed E-state index contributed by atoms with van der Waals surface area (Å²) in [6, 6.07) is 5.08. The van der Waals surface area contributed by atoms with E-state index in [0.717, 1.165) is 45.1 Å². The predicted octanol–water partition coefficient (Wildman–Crippen LogP) is 3.36. The smallest absolute Gasteiger partial charge is 0.270 e. The number of carbonyl (C=O) groups excluding carboxylic acids is 4. The van der Waals surface area contributed by atoms with E-state index in [1.165, 1.54) is 19.2 Å². The van der Waals surface area contributed by atoms with Gasteiger partial charge in [0.25, 0.3) is 5.91 Å². The first-order valence-corrected chi connectivity index (χ1v) is 18.1. The maximum Gasteiger partial charge on any atom is 0.270 e. The van der Waals surface area contributed by atoms with Crippen LogP contribution >= 0.6 is 0 Å². The van der Waals surface area contributed by atoms with Crippen molar-refractivity contribution < 1.29 is 28.3 Å². The molecule has 2 heterocycles. The summed E-state index contributed by atoms with van der Waals surface area (Å²) >= 11 is 0. The summed E-state index contributed by atoms with van der Waals surface area (Å²) in [5.74, 6) is -1.35. The fraction of sp³-hybridized carbons (Fsp3) is 0.649. The van der Waals surface area contributed by atoms with Crippen molar-refractivity contribution in [3.05, 3.63) is 47.5 Å². The molecule has 12 nitrogen and oxygen atoms in total. The number of carbonyl (C=O) groups is 4. The van der Waals surface area contributed by atoms with Gasteiger partial charge >= 0.3 is 0 Å². The molecule has 6 rings (SSSR count). The van der Waals surface area contributed by atoms with E-state index in [1.54, 1.807) is 29.9 Å². The van der Waals surface area contributed by atoms with Crippen molar-refractivity contribution in [2.45, 2.75) is 95.0 Å². The Bertz CT molecular complexity index is 1560. The van der Waals surface area contributed by atoms with Crippen LogP contribution in [0.4, 0.5) is 10.1 Å². The van der Waals surface area contributed by atoms with Crippen molar-refractivity contribution in [3.63, 3.8) is 0 Å². The summed E-state index contributed by atoms with van der Waals surface area (Å²) in [7, 11) is 3.47. The number of amides is 3. The molecule has 13 heteroatoms. The summed E-state index contributed by atoms with van der Waals surface area (Å²) in [4.78, 5) is 57.3. The minimum Gasteiger partial charge on any atom is -0.370 e. The number of benzene rings is 1. The Hall–Kier alpha value is -3.68. The second-order valence-electron chi connectivity index (χ2n) is 15.2. The molecule has 5 atom stereocenters. The summed E-state index contributed by atoms with van der Waals surface area (Å²) in [5, 5.41) is 13.4. The van der Waals surface area contributed by atoms with Gasteiger partial charge in [-0.2, -0.15) is 5.10 Å². The van der Waals surface area contributed by atoms with Gasteiger partial charge in [0.15, 0.2) is 6.29 Å². The van der Waals surface area contributed by atoms with Crippen LogP contribution < -0.4 is 16.0 Å². The van der Waals surface area contributed by atoms with Crippen molar-refractivity contribution in [1.29, 1.82) is 0 Å². The fourth-order valence-corrected chi connectivity index (χ4v) is 7.26. The fourth-order valence-electron chi connectivity index (χ4n) is 7.26. The van der Waals surface area contributed by atoms with Crippen LogP contribution in [0.25, 0.3) is 0 Å². The van der Waals surface area contributed by atoms with Gasteiger partial charge in [0.1, 0.15) is 23.2 Å². The number of likely N-dealkylation sites (N-methyl/N-ethyl adjacent to an activating group) is 1. The van der Waals surface area contributed by atoms with Crippen molar-refractivity contribution >= 4 is 29.7 Å². The number of anilines is 1. The van der Waals surface area contributed by atoms with Crippen LogP contribution in [0.2, 0.25) is 0 Å². The molecular formula is C37H52FN7O5. The van der Waals surface area contributed by atoms with Gasteiger partial charge in [-0.05, 0) is 101 Å². The molecule has 0 bridgehead atoms. The van der Waals surface area contributed by atoms with Gasteiger partial charge in [-0.1, -0.05) is 13.0 Å². The average molecular weight is 694 g/mol. The topological polar surface area (TPSA) is 138 Å². The Morgan fingerprint density at radius 2 is 1.78 bits per heavy atom. The normalized spacial score (nSPS) is 22.8. The molecule has 1 aromatic carbocycles. The second kappa shape index (κ2) is 14.9. The molecular weight excluding hydrogens is 641 g/mol. The standard InChI is InChI=1S/C37H52FN7O5/c1-22-19-44(17-16-43(22)4)36(49)32(39-20-37(3,21-46)50-5)23(2)26-10-13-29(28(38)18-26)41-35(48)33(31(24-6-7-24)25-8-9-25)42-34(47)30-14-15-40-45(30)27-11-12-27/h10,13-15,18,21-25,27,31-33,39H,6-9,11-12,16-17,19-20H2,1-5H3,(H,41,48)(H,42,47)/t22-,23+,32-,33+,37-/m1/s1. The molecule has 3 aliphatic carbocycles. The molecule has 1 aliphatic heterocycles. The van der Waals surface area contributed by atoms with Crippen molar-refractivity contribution in [1.82, 2.24) is 30.2 Å². The molecule has 3 N–H and O–H groups in total. The minimum atomic E-state index is -1.14. The van der Waals surface area contributed by atoms with E-state index < -0.39 is 35.3 Å². The molecule has 3 amide bonds. The molecule has 0 spiro atoms. The monoisotopic (exact) mass is 693 g/mol. The lowest BCUT2D eigenvalue weighted by Gasteiger charge is -2.40. The zero-order valence-electron chi connectivity index (χ0n) is 29.9. The van der Waals surface area contributed by atoms with Crippen molar-refractivity contribution in [2.24, 2.45) is 17.8 Å². The quantitative estimate of drug-likeness (QED) is 0.228. The SMILES string of the molecule is CO[C@@](C)(C=O)CN[C@@H](C(=O)N1CCN(C)[C@H](C)C1)[C@@H](C)c1ccc(NC(=O)[C@@H](NC(=O)c2ccnn2C2CC2)C(C2CC2)C2CC2)c(F)c1. The summed E-state index contributed by atoms with van der Waals surface area (Å²) in [6.45, 7) is 7.49. The largest absolute Gasteiger partial charge is 0.370 e. The van der Waals surface area contributed by atoms with Crippen LogP contribution in [-0.2, 0) is 19.1 Å². The minimum absolute atomic E-state index is 0.00945. The molecule has 4 fully saturated rings. The number of nitrogens with one attached hydrogen (secondary N) is 3. The van der Waals surface area contributed by atoms with Gasteiger partial charge in [-0.25, -0.2) is 4.39 Å². The highest BCUT2D eigenvalue weighted by atomic mass is 19.1. The Labute approximate surface area is 293 Å². The van der Waals surface area contributed by atoms with E-state index >= 15 is 4.39 Å². The Kier molecular flexibility index (Phi) is 10.8. The summed E-state index contributed by atoms with van der Waals surface area (Å²) in [6.07, 6.45) is 8.30. The number of nitrogens with zero attached hydrogens (tertiary/aromatic N) is 4. The zero-order chi connectivity index (χ0) is 35.7. The molecule has 272 valence electrons. The number of aromatic nitrogens is 2. The first-order valence-electron chi connectivity index (χ1n) is 18.1. The molecule has 3 saturated carbocycles. The van der Waals surface area contributed by atoms with E-state index in [-0.39, 0.29) is 42.0 Å². The van der Waals surface area contributed by atoms with E-state index in [2.05, 4.69) is 32.9 Å². The Morgan fingerprint density at radius 1 is 1.08 bits per heavy atom. The number of halogens is 1. The lowest BCUT2D eigenvalue weighted by Crippen LogP contribution is -2.58. The van der Waals surface area contributed by atoms with Crippen LogP contribution in [-0.4, -0.2) is 108 Å². The number of ether oxygens (including phenoxy) is 1. The third-order valence-corrected chi connectivity index (χ3v) is 11.3. The number of methoxy groups -OCH3 is 1. The third kappa shape index (κ3) is 8.10. The Morgan fingerprint density at radius 3 is 2.36 bits per heavy atom. The molecule has 1 saturated heterocycles. The van der Waals surface area contributed by atoms with Gasteiger partial charge in [0, 0.05) is 51.4 Å². The maximum absolute atomic E-state index is 15.9. The number of rotatable bonds is 16. The molecule has 2 aromatic rings. The van der Waals surface area contributed by atoms with E-state index in [0.29, 0.717) is 42.5 Å². The van der Waals surface area contributed by atoms with Crippen LogP contribution in [0, 0.1) is 23.6 Å². The van der Waals surface area contributed by atoms with Gasteiger partial charge in [-0.15, -0.1) is 0 Å². The molecule has 1 aromatic heterocycles. The zero-order valence-corrected chi connectivity index (χ0v) is 29.9. The van der Waals surface area contributed by atoms with Crippen molar-refractivity contribution in [3.8, 4) is 0 Å². The van der Waals surface area contributed by atoms with E-state index in [9.17, 15) is 19.2 Å².